The molecule has 0 aromatic carbocycles. The van der Waals surface area contributed by atoms with Crippen LogP contribution in [0.5, 0.6) is 0 Å². The summed E-state index contributed by atoms with van der Waals surface area (Å²) in [5.41, 5.74) is 0. The van der Waals surface area contributed by atoms with Crippen LogP contribution in [0.2, 0.25) is 0 Å². The fourth-order valence-corrected chi connectivity index (χ4v) is 7.42. The Bertz CT molecular complexity index is 1810. The number of hydrogen-bond acceptors (Lipinski definition) is 11. The maximum Gasteiger partial charge on any atom is 0.335 e. The summed E-state index contributed by atoms with van der Waals surface area (Å²) in [7, 11) is 0. The minimum atomic E-state index is -1.94. The van der Waals surface area contributed by atoms with Crippen LogP contribution < -0.4 is 0 Å². The molecule has 0 amide bonds. The molecule has 12 heteroatoms. The lowest BCUT2D eigenvalue weighted by molar-refractivity contribution is -0.301. The van der Waals surface area contributed by atoms with Crippen LogP contribution >= 0.6 is 0 Å². The van der Waals surface area contributed by atoms with E-state index in [0.29, 0.717) is 25.7 Å². The van der Waals surface area contributed by atoms with Gasteiger partial charge in [-0.2, -0.15) is 0 Å². The zero-order chi connectivity index (χ0) is 54.7. The fraction of sp³-hybridized carbons (Fsp3) is 0.587. The third-order valence-corrected chi connectivity index (χ3v) is 11.7. The van der Waals surface area contributed by atoms with Gasteiger partial charge in [0.1, 0.15) is 18.8 Å². The summed E-state index contributed by atoms with van der Waals surface area (Å²) < 4.78 is 28.2. The highest BCUT2D eigenvalue weighted by Crippen LogP contribution is 2.26. The number of carboxylic acid groups (broad SMARTS) is 1. The first-order valence-corrected chi connectivity index (χ1v) is 28.2. The van der Waals surface area contributed by atoms with Crippen molar-refractivity contribution in [2.45, 2.75) is 225 Å². The third kappa shape index (κ3) is 39.9. The summed E-state index contributed by atoms with van der Waals surface area (Å²) in [6.07, 6.45) is 57.3. The van der Waals surface area contributed by atoms with Crippen LogP contribution in [0.25, 0.3) is 0 Å². The molecule has 75 heavy (non-hydrogen) atoms. The minimum absolute atomic E-state index is 0.0771. The lowest BCUT2D eigenvalue weighted by atomic mass is 9.98. The Morgan fingerprint density at radius 3 is 1.37 bits per heavy atom. The van der Waals surface area contributed by atoms with Crippen molar-refractivity contribution in [3.05, 3.63) is 134 Å². The number of aliphatic hydroxyl groups excluding tert-OH is 2. The molecule has 6 unspecified atom stereocenters. The van der Waals surface area contributed by atoms with E-state index in [4.69, 9.17) is 23.7 Å². The zero-order valence-corrected chi connectivity index (χ0v) is 46.0. The molecule has 1 saturated heterocycles. The molecule has 1 rings (SSSR count). The van der Waals surface area contributed by atoms with Gasteiger partial charge >= 0.3 is 23.9 Å². The normalized spacial score (nSPS) is 19.2. The van der Waals surface area contributed by atoms with Gasteiger partial charge in [-0.05, 0) is 116 Å². The van der Waals surface area contributed by atoms with Gasteiger partial charge in [-0.3, -0.25) is 14.4 Å². The van der Waals surface area contributed by atoms with E-state index in [0.717, 1.165) is 109 Å². The Labute approximate surface area is 451 Å². The van der Waals surface area contributed by atoms with Crippen molar-refractivity contribution in [3.8, 4) is 0 Å². The van der Waals surface area contributed by atoms with Crippen LogP contribution in [0.3, 0.4) is 0 Å². The zero-order valence-electron chi connectivity index (χ0n) is 46.0. The Morgan fingerprint density at radius 2 is 0.867 bits per heavy atom. The van der Waals surface area contributed by atoms with Gasteiger partial charge in [0.15, 0.2) is 24.6 Å². The van der Waals surface area contributed by atoms with Crippen molar-refractivity contribution >= 4 is 23.9 Å². The molecule has 3 N–H and O–H groups in total. The lowest BCUT2D eigenvalue weighted by Crippen LogP contribution is -2.61. The van der Waals surface area contributed by atoms with E-state index >= 15 is 0 Å². The van der Waals surface area contributed by atoms with E-state index in [2.05, 4.69) is 136 Å². The van der Waals surface area contributed by atoms with Gasteiger partial charge in [0.25, 0.3) is 0 Å². The van der Waals surface area contributed by atoms with Gasteiger partial charge in [-0.25, -0.2) is 4.79 Å². The molecule has 1 heterocycles. The SMILES string of the molecule is CC/C=C\C/C=C\C/C=C\C/C=C\C/C=C\C/C=C\CCC(=O)OC1C(OCC(COC(=O)CCCC/C=C\C/C=C\C/C=C\C/C=C\CC)OC(=O)CCCCCCC/C=C\CCCC)OC(C(=O)O)C(O)C1O. The number of ether oxygens (including phenoxy) is 5. The second-order valence-corrected chi connectivity index (χ2v) is 18.4. The van der Waals surface area contributed by atoms with Gasteiger partial charge in [-0.15, -0.1) is 0 Å². The summed E-state index contributed by atoms with van der Waals surface area (Å²) in [4.78, 5) is 51.0. The topological polar surface area (TPSA) is 175 Å². The highest BCUT2D eigenvalue weighted by Gasteiger charge is 2.50. The number of carboxylic acids is 1. The average Bonchev–Trinajstić information content (AvgIpc) is 3.39. The summed E-state index contributed by atoms with van der Waals surface area (Å²) in [6, 6.07) is 0. The summed E-state index contributed by atoms with van der Waals surface area (Å²) in [5.74, 6) is -3.32. The number of esters is 3. The lowest BCUT2D eigenvalue weighted by Gasteiger charge is -2.40. The number of aliphatic carboxylic acids is 1. The van der Waals surface area contributed by atoms with E-state index in [9.17, 15) is 34.5 Å². The Morgan fingerprint density at radius 1 is 0.453 bits per heavy atom. The number of unbranched alkanes of at least 4 members (excludes halogenated alkanes) is 9. The van der Waals surface area contributed by atoms with E-state index in [1.165, 1.54) is 12.8 Å². The third-order valence-electron chi connectivity index (χ3n) is 11.7. The Kier molecular flexibility index (Phi) is 45.0. The molecule has 0 bridgehead atoms. The molecule has 0 saturated carbocycles. The summed E-state index contributed by atoms with van der Waals surface area (Å²) in [6.45, 7) is 5.62. The van der Waals surface area contributed by atoms with Crippen LogP contribution in [-0.4, -0.2) is 89.2 Å². The highest BCUT2D eigenvalue weighted by atomic mass is 16.7. The second-order valence-electron chi connectivity index (χ2n) is 18.4. The van der Waals surface area contributed by atoms with Crippen molar-refractivity contribution in [2.24, 2.45) is 0 Å². The number of rotatable bonds is 45. The molecule has 0 aromatic rings. The number of allylic oxidation sites excluding steroid dienone is 22. The molecule has 6 atom stereocenters. The standard InChI is InChI=1S/C63H96O12/c1-4-7-10-13-16-19-22-24-26-27-28-29-31-33-36-39-42-45-48-51-57(66)74-61-59(68)58(67)60(62(69)70)75-63(61)72-53-54(73-56(65)50-47-44-41-38-34-21-18-15-12-9-6-3)52-71-55(64)49-46-43-40-37-35-32-30-25-23-20-17-14-11-8-5-2/h7-8,10-11,15-20,24-26,28-30,33,35-37,42,45,54,58-61,63,67-68H,4-6,9,12-14,21-23,27,31-32,34,38-41,43-44,46-53H2,1-3H3,(H,69,70)/b10-7-,11-8-,18-15-,19-16-,20-17-,26-24-,29-28-,30-25-,36-33-,37-35-,45-42-. The summed E-state index contributed by atoms with van der Waals surface area (Å²) >= 11 is 0. The van der Waals surface area contributed by atoms with Gasteiger partial charge < -0.3 is 39.0 Å². The molecular formula is C63H96O12. The van der Waals surface area contributed by atoms with E-state index < -0.39 is 67.3 Å². The van der Waals surface area contributed by atoms with Crippen LogP contribution in [0.15, 0.2) is 134 Å². The molecule has 0 radical (unpaired) electrons. The molecule has 0 aromatic heterocycles. The average molecular weight is 1050 g/mol. The number of hydrogen-bond donors (Lipinski definition) is 3. The Balaban J connectivity index is 2.77. The van der Waals surface area contributed by atoms with Crippen molar-refractivity contribution < 1.29 is 58.2 Å². The van der Waals surface area contributed by atoms with Crippen molar-refractivity contribution in [2.75, 3.05) is 13.2 Å². The van der Waals surface area contributed by atoms with E-state index in [1.54, 1.807) is 0 Å². The maximum absolute atomic E-state index is 13.1. The van der Waals surface area contributed by atoms with Gasteiger partial charge in [-0.1, -0.05) is 187 Å². The number of carbonyl (C=O) groups is 4. The van der Waals surface area contributed by atoms with Gasteiger partial charge in [0.2, 0.25) is 0 Å². The molecule has 420 valence electrons. The van der Waals surface area contributed by atoms with E-state index in [-0.39, 0.29) is 25.9 Å². The fourth-order valence-electron chi connectivity index (χ4n) is 7.42. The molecule has 0 spiro atoms. The van der Waals surface area contributed by atoms with Gasteiger partial charge in [0.05, 0.1) is 6.61 Å². The first-order valence-electron chi connectivity index (χ1n) is 28.2. The first kappa shape index (κ1) is 67.9. The van der Waals surface area contributed by atoms with Crippen LogP contribution in [0.4, 0.5) is 0 Å². The molecular weight excluding hydrogens is 949 g/mol. The summed E-state index contributed by atoms with van der Waals surface area (Å²) in [5, 5.41) is 31.4. The maximum atomic E-state index is 13.1. The Hall–Kier alpha value is -5.14. The largest absolute Gasteiger partial charge is 0.479 e. The molecule has 1 aliphatic heterocycles. The molecule has 1 fully saturated rings. The van der Waals surface area contributed by atoms with Crippen LogP contribution in [0, 0.1) is 0 Å². The van der Waals surface area contributed by atoms with Crippen molar-refractivity contribution in [3.63, 3.8) is 0 Å². The number of aliphatic hydroxyl groups is 2. The minimum Gasteiger partial charge on any atom is -0.479 e. The predicted octanol–water partition coefficient (Wildman–Crippen LogP) is 14.2. The molecule has 0 aliphatic carbocycles. The van der Waals surface area contributed by atoms with Crippen molar-refractivity contribution in [1.29, 1.82) is 0 Å². The molecule has 12 nitrogen and oxygen atoms in total. The molecule has 1 aliphatic rings. The number of carbonyl (C=O) groups excluding carboxylic acids is 3. The smallest absolute Gasteiger partial charge is 0.335 e. The monoisotopic (exact) mass is 1040 g/mol. The quantitative estimate of drug-likeness (QED) is 0.0228. The van der Waals surface area contributed by atoms with E-state index in [1.807, 2.05) is 18.2 Å². The van der Waals surface area contributed by atoms with Crippen LogP contribution in [-0.2, 0) is 42.9 Å². The van der Waals surface area contributed by atoms with Crippen LogP contribution in [0.1, 0.15) is 188 Å². The van der Waals surface area contributed by atoms with Gasteiger partial charge in [0, 0.05) is 19.3 Å². The predicted molar refractivity (Wildman–Crippen MR) is 303 cm³/mol. The first-order chi connectivity index (χ1) is 36.6. The second kappa shape index (κ2) is 49.7. The highest BCUT2D eigenvalue weighted by molar-refractivity contribution is 5.74. The van der Waals surface area contributed by atoms with Crippen molar-refractivity contribution in [1.82, 2.24) is 0 Å².